The zero-order chi connectivity index (χ0) is 20.4. The predicted molar refractivity (Wildman–Crippen MR) is 116 cm³/mol. The van der Waals surface area contributed by atoms with E-state index in [-0.39, 0.29) is 5.75 Å². The summed E-state index contributed by atoms with van der Waals surface area (Å²) in [7, 11) is -3.24. The minimum Gasteiger partial charge on any atom is -0.379 e. The fraction of sp³-hybridized carbons (Fsp3) is 0.476. The van der Waals surface area contributed by atoms with E-state index in [9.17, 15) is 8.42 Å². The van der Waals surface area contributed by atoms with Crippen LogP contribution in [0.15, 0.2) is 30.5 Å². The van der Waals surface area contributed by atoms with Crippen LogP contribution < -0.4 is 10.6 Å². The van der Waals surface area contributed by atoms with Gasteiger partial charge in [0.25, 0.3) is 0 Å². The van der Waals surface area contributed by atoms with Gasteiger partial charge >= 0.3 is 0 Å². The van der Waals surface area contributed by atoms with Gasteiger partial charge in [-0.1, -0.05) is 23.7 Å². The zero-order valence-corrected chi connectivity index (χ0v) is 18.3. The number of pyridine rings is 1. The largest absolute Gasteiger partial charge is 0.379 e. The molecule has 2 heterocycles. The number of sulfone groups is 1. The van der Waals surface area contributed by atoms with Gasteiger partial charge in [0.2, 0.25) is 0 Å². The van der Waals surface area contributed by atoms with E-state index in [1.54, 1.807) is 33.0 Å². The summed E-state index contributed by atoms with van der Waals surface area (Å²) in [4.78, 5) is 4.35. The number of aromatic nitrogens is 1. The van der Waals surface area contributed by atoms with Gasteiger partial charge in [0.05, 0.1) is 26.9 Å². The van der Waals surface area contributed by atoms with E-state index < -0.39 is 14.6 Å². The molecule has 1 aromatic heterocycles. The highest BCUT2D eigenvalue weighted by Gasteiger charge is 2.29. The van der Waals surface area contributed by atoms with Crippen molar-refractivity contribution in [2.75, 3.05) is 18.4 Å². The van der Waals surface area contributed by atoms with Crippen molar-refractivity contribution in [2.24, 2.45) is 0 Å². The third kappa shape index (κ3) is 4.85. The Labute approximate surface area is 172 Å². The Kier molecular flexibility index (Phi) is 6.32. The van der Waals surface area contributed by atoms with Crippen molar-refractivity contribution in [3.05, 3.63) is 57.9 Å². The van der Waals surface area contributed by atoms with Crippen LogP contribution in [0.5, 0.6) is 0 Å². The molecule has 2 N–H and O–H groups in total. The van der Waals surface area contributed by atoms with Crippen molar-refractivity contribution in [2.45, 2.75) is 50.7 Å². The third-order valence-electron chi connectivity index (χ3n) is 5.11. The van der Waals surface area contributed by atoms with Gasteiger partial charge in [-0.25, -0.2) is 8.42 Å². The number of hydrogen-bond donors (Lipinski definition) is 2. The summed E-state index contributed by atoms with van der Waals surface area (Å²) in [5.74, 6) is -0.0464. The van der Waals surface area contributed by atoms with Crippen LogP contribution in [0.4, 0.5) is 5.69 Å². The summed E-state index contributed by atoms with van der Waals surface area (Å²) < 4.78 is 23.9. The fourth-order valence-corrected chi connectivity index (χ4v) is 4.42. The molecule has 2 aromatic rings. The predicted octanol–water partition coefficient (Wildman–Crippen LogP) is 3.75. The van der Waals surface area contributed by atoms with Crippen molar-refractivity contribution in [1.29, 1.82) is 0 Å². The lowest BCUT2D eigenvalue weighted by atomic mass is 10.0. The summed E-state index contributed by atoms with van der Waals surface area (Å²) >= 11 is 6.46. The number of fused-ring (bicyclic) bond motifs is 1. The molecule has 1 aromatic carbocycles. The van der Waals surface area contributed by atoms with E-state index in [1.807, 2.05) is 12.1 Å². The van der Waals surface area contributed by atoms with E-state index in [2.05, 4.69) is 21.7 Å². The summed E-state index contributed by atoms with van der Waals surface area (Å²) in [5.41, 5.74) is 5.15. The van der Waals surface area contributed by atoms with Crippen LogP contribution >= 0.6 is 11.6 Å². The minimum atomic E-state index is -3.24. The van der Waals surface area contributed by atoms with Crippen molar-refractivity contribution in [3.63, 3.8) is 0 Å². The first kappa shape index (κ1) is 21.1. The van der Waals surface area contributed by atoms with Gasteiger partial charge in [-0.2, -0.15) is 0 Å². The molecule has 0 spiro atoms. The van der Waals surface area contributed by atoms with Crippen LogP contribution in [0.25, 0.3) is 0 Å². The number of rotatable bonds is 5. The lowest BCUT2D eigenvalue weighted by Crippen LogP contribution is -2.29. The summed E-state index contributed by atoms with van der Waals surface area (Å²) in [6, 6.07) is 7.77. The molecule has 1 aliphatic rings. The number of halogens is 1. The molecule has 0 amide bonds. The maximum Gasteiger partial charge on any atom is 0.160 e. The molecule has 0 saturated carbocycles. The number of benzene rings is 1. The molecular formula is C21H28ClN3O2S. The second-order valence-corrected chi connectivity index (χ2v) is 11.3. The van der Waals surface area contributed by atoms with E-state index in [0.717, 1.165) is 42.2 Å². The first-order valence-corrected chi connectivity index (χ1v) is 11.6. The Morgan fingerprint density at radius 3 is 2.57 bits per heavy atom. The van der Waals surface area contributed by atoms with Crippen LogP contribution in [0.3, 0.4) is 0 Å². The van der Waals surface area contributed by atoms with Crippen LogP contribution in [0, 0.1) is 0 Å². The summed E-state index contributed by atoms with van der Waals surface area (Å²) in [5, 5.41) is 7.60. The van der Waals surface area contributed by atoms with E-state index in [1.165, 1.54) is 11.1 Å². The van der Waals surface area contributed by atoms with Gasteiger partial charge in [0.1, 0.15) is 0 Å². The van der Waals surface area contributed by atoms with Gasteiger partial charge in [-0.05, 0) is 75.5 Å². The first-order valence-electron chi connectivity index (χ1n) is 9.58. The number of hydrogen-bond acceptors (Lipinski definition) is 5. The second-order valence-electron chi connectivity index (χ2n) is 8.19. The van der Waals surface area contributed by atoms with Crippen molar-refractivity contribution < 1.29 is 8.42 Å². The summed E-state index contributed by atoms with van der Waals surface area (Å²) in [6.45, 7) is 7.65. The lowest BCUT2D eigenvalue weighted by Gasteiger charge is -2.19. The third-order valence-corrected chi connectivity index (χ3v) is 7.96. The molecule has 28 heavy (non-hydrogen) atoms. The standard InChI is InChI=1S/C21H28ClN3O2S/c1-21(2,3)28(26,27)14-17-6-4-15(12-24-17)13-25-20-18-9-11-23-10-8-16(18)5-7-19(20)22/h4-7,12,23,25H,8-11,13-14H2,1-3H3. The minimum absolute atomic E-state index is 0.0464. The molecule has 1 aliphatic heterocycles. The molecule has 152 valence electrons. The van der Waals surface area contributed by atoms with Crippen LogP contribution in [0.2, 0.25) is 5.02 Å². The molecule has 0 aliphatic carbocycles. The highest BCUT2D eigenvalue weighted by atomic mass is 35.5. The van der Waals surface area contributed by atoms with Gasteiger partial charge in [-0.15, -0.1) is 0 Å². The monoisotopic (exact) mass is 421 g/mol. The summed E-state index contributed by atoms with van der Waals surface area (Å²) in [6.07, 6.45) is 3.68. The van der Waals surface area contributed by atoms with Gasteiger partial charge in [0, 0.05) is 12.7 Å². The number of anilines is 1. The Morgan fingerprint density at radius 1 is 1.14 bits per heavy atom. The van der Waals surface area contributed by atoms with E-state index >= 15 is 0 Å². The maximum atomic E-state index is 12.3. The highest BCUT2D eigenvalue weighted by Crippen LogP contribution is 2.31. The Hall–Kier alpha value is -1.63. The first-order chi connectivity index (χ1) is 13.2. The van der Waals surface area contributed by atoms with E-state index in [0.29, 0.717) is 12.2 Å². The molecule has 0 saturated heterocycles. The van der Waals surface area contributed by atoms with Gasteiger partial charge < -0.3 is 10.6 Å². The van der Waals surface area contributed by atoms with Crippen LogP contribution in [-0.4, -0.2) is 31.2 Å². The smallest absolute Gasteiger partial charge is 0.160 e. The fourth-order valence-electron chi connectivity index (χ4n) is 3.18. The van der Waals surface area contributed by atoms with Crippen LogP contribution in [0.1, 0.15) is 43.2 Å². The Balaban J connectivity index is 1.71. The molecule has 0 bridgehead atoms. The SMILES string of the molecule is CC(C)(C)S(=O)(=O)Cc1ccc(CNc2c(Cl)ccc3c2CCNCC3)cn1. The van der Waals surface area contributed by atoms with E-state index in [4.69, 9.17) is 11.6 Å². The molecule has 0 fully saturated rings. The second kappa shape index (κ2) is 8.39. The highest BCUT2D eigenvalue weighted by molar-refractivity contribution is 7.91. The molecule has 5 nitrogen and oxygen atoms in total. The normalized spacial score (nSPS) is 15.0. The van der Waals surface area contributed by atoms with Gasteiger partial charge in [0.15, 0.2) is 9.84 Å². The topological polar surface area (TPSA) is 71.1 Å². The molecule has 7 heteroatoms. The zero-order valence-electron chi connectivity index (χ0n) is 16.7. The lowest BCUT2D eigenvalue weighted by molar-refractivity contribution is 0.558. The number of nitrogens with zero attached hydrogens (tertiary/aromatic N) is 1. The average molecular weight is 422 g/mol. The Morgan fingerprint density at radius 2 is 1.89 bits per heavy atom. The quantitative estimate of drug-likeness (QED) is 0.769. The van der Waals surface area contributed by atoms with Crippen molar-refractivity contribution in [1.82, 2.24) is 10.3 Å². The van der Waals surface area contributed by atoms with Crippen molar-refractivity contribution >= 4 is 27.1 Å². The average Bonchev–Trinajstić information content (AvgIpc) is 2.86. The number of nitrogens with one attached hydrogen (secondary N) is 2. The van der Waals surface area contributed by atoms with Gasteiger partial charge in [-0.3, -0.25) is 4.98 Å². The molecule has 0 radical (unpaired) electrons. The molecule has 0 unspecified atom stereocenters. The maximum absolute atomic E-state index is 12.3. The molecule has 3 rings (SSSR count). The molecular weight excluding hydrogens is 394 g/mol. The Bertz CT molecular complexity index is 935. The van der Waals surface area contributed by atoms with Crippen LogP contribution in [-0.2, 0) is 35.0 Å². The van der Waals surface area contributed by atoms with Crippen molar-refractivity contribution in [3.8, 4) is 0 Å². The molecule has 0 atom stereocenters.